The van der Waals surface area contributed by atoms with Gasteiger partial charge in [0.2, 0.25) is 0 Å². The van der Waals surface area contributed by atoms with Gasteiger partial charge in [0.05, 0.1) is 20.3 Å². The maximum atomic E-state index is 5.94. The van der Waals surface area contributed by atoms with E-state index >= 15 is 0 Å². The van der Waals surface area contributed by atoms with Crippen LogP contribution in [0.25, 0.3) is 0 Å². The number of halogens is 1. The standard InChI is InChI=1S/C20H23BrO2/c1-4-8-17(14-23-13-16-9-6-5-7-10-16)18-12-20(22-3)15(2)11-19(18)21/h4-7,9-12,17H,1,8,13-14H2,2-3H3. The van der Waals surface area contributed by atoms with Crippen LogP contribution < -0.4 is 4.74 Å². The van der Waals surface area contributed by atoms with Gasteiger partial charge in [0.15, 0.2) is 0 Å². The summed E-state index contributed by atoms with van der Waals surface area (Å²) in [4.78, 5) is 0. The molecule has 0 saturated carbocycles. The summed E-state index contributed by atoms with van der Waals surface area (Å²) in [6.07, 6.45) is 2.80. The predicted octanol–water partition coefficient (Wildman–Crippen LogP) is 5.64. The molecule has 2 rings (SSSR count). The molecule has 0 spiro atoms. The molecule has 1 unspecified atom stereocenters. The summed E-state index contributed by atoms with van der Waals surface area (Å²) >= 11 is 3.67. The molecule has 0 aliphatic rings. The molecule has 23 heavy (non-hydrogen) atoms. The molecular weight excluding hydrogens is 352 g/mol. The van der Waals surface area contributed by atoms with Crippen molar-refractivity contribution in [3.63, 3.8) is 0 Å². The first-order chi connectivity index (χ1) is 11.2. The van der Waals surface area contributed by atoms with Crippen molar-refractivity contribution in [2.45, 2.75) is 25.9 Å². The Morgan fingerprint density at radius 1 is 1.22 bits per heavy atom. The summed E-state index contributed by atoms with van der Waals surface area (Å²) in [6.45, 7) is 7.19. The molecule has 0 bridgehead atoms. The second kappa shape index (κ2) is 8.90. The molecule has 0 heterocycles. The largest absolute Gasteiger partial charge is 0.496 e. The summed E-state index contributed by atoms with van der Waals surface area (Å²) in [6, 6.07) is 14.4. The second-order valence-electron chi connectivity index (χ2n) is 5.57. The van der Waals surface area contributed by atoms with Crippen molar-refractivity contribution in [3.05, 3.63) is 76.3 Å². The average Bonchev–Trinajstić information content (AvgIpc) is 2.55. The van der Waals surface area contributed by atoms with Crippen molar-refractivity contribution in [2.24, 2.45) is 0 Å². The summed E-state index contributed by atoms with van der Waals surface area (Å²) in [5.74, 6) is 1.15. The highest BCUT2D eigenvalue weighted by atomic mass is 79.9. The first-order valence-corrected chi connectivity index (χ1v) is 8.51. The Labute approximate surface area is 147 Å². The topological polar surface area (TPSA) is 18.5 Å². The van der Waals surface area contributed by atoms with Crippen molar-refractivity contribution in [1.82, 2.24) is 0 Å². The van der Waals surface area contributed by atoms with Gasteiger partial charge in [0.1, 0.15) is 5.75 Å². The van der Waals surface area contributed by atoms with Gasteiger partial charge in [-0.05, 0) is 42.2 Å². The molecule has 0 saturated heterocycles. The van der Waals surface area contributed by atoms with Crippen LogP contribution in [0.5, 0.6) is 5.75 Å². The highest BCUT2D eigenvalue weighted by Gasteiger charge is 2.16. The Morgan fingerprint density at radius 2 is 1.96 bits per heavy atom. The third-order valence-electron chi connectivity index (χ3n) is 3.84. The minimum Gasteiger partial charge on any atom is -0.496 e. The predicted molar refractivity (Wildman–Crippen MR) is 99.1 cm³/mol. The van der Waals surface area contributed by atoms with E-state index in [-0.39, 0.29) is 5.92 Å². The van der Waals surface area contributed by atoms with E-state index in [4.69, 9.17) is 9.47 Å². The third-order valence-corrected chi connectivity index (χ3v) is 4.52. The van der Waals surface area contributed by atoms with Crippen molar-refractivity contribution in [3.8, 4) is 5.75 Å². The normalized spacial score (nSPS) is 12.0. The maximum Gasteiger partial charge on any atom is 0.122 e. The van der Waals surface area contributed by atoms with E-state index in [1.807, 2.05) is 31.2 Å². The number of methoxy groups -OCH3 is 1. The molecule has 0 aliphatic heterocycles. The lowest BCUT2D eigenvalue weighted by Gasteiger charge is -2.19. The number of rotatable bonds is 8. The SMILES string of the molecule is C=CCC(COCc1ccccc1)c1cc(OC)c(C)cc1Br. The molecule has 0 radical (unpaired) electrons. The van der Waals surface area contributed by atoms with Gasteiger partial charge in [0.25, 0.3) is 0 Å². The summed E-state index contributed by atoms with van der Waals surface area (Å²) in [5, 5.41) is 0. The van der Waals surface area contributed by atoms with Gasteiger partial charge in [-0.25, -0.2) is 0 Å². The molecule has 3 heteroatoms. The summed E-state index contributed by atoms with van der Waals surface area (Å²) in [5.41, 5.74) is 3.50. The van der Waals surface area contributed by atoms with Gasteiger partial charge in [-0.15, -0.1) is 6.58 Å². The molecule has 2 aromatic carbocycles. The molecule has 2 aromatic rings. The fourth-order valence-electron chi connectivity index (χ4n) is 2.58. The zero-order valence-corrected chi connectivity index (χ0v) is 15.3. The minimum atomic E-state index is 0.250. The number of hydrogen-bond donors (Lipinski definition) is 0. The van der Waals surface area contributed by atoms with Gasteiger partial charge in [-0.1, -0.05) is 52.3 Å². The highest BCUT2D eigenvalue weighted by molar-refractivity contribution is 9.10. The van der Waals surface area contributed by atoms with Gasteiger partial charge in [-0.3, -0.25) is 0 Å². The maximum absolute atomic E-state index is 5.94. The number of ether oxygens (including phenoxy) is 2. The van der Waals surface area contributed by atoms with Crippen LogP contribution in [0.3, 0.4) is 0 Å². The Kier molecular flexibility index (Phi) is 6.87. The molecule has 0 amide bonds. The van der Waals surface area contributed by atoms with Crippen LogP contribution in [-0.4, -0.2) is 13.7 Å². The molecule has 0 fully saturated rings. The summed E-state index contributed by atoms with van der Waals surface area (Å²) in [7, 11) is 1.70. The van der Waals surface area contributed by atoms with Gasteiger partial charge in [0, 0.05) is 10.4 Å². The van der Waals surface area contributed by atoms with E-state index in [2.05, 4.69) is 46.8 Å². The Hall–Kier alpha value is -1.58. The monoisotopic (exact) mass is 374 g/mol. The Morgan fingerprint density at radius 3 is 2.61 bits per heavy atom. The zero-order chi connectivity index (χ0) is 16.7. The fourth-order valence-corrected chi connectivity index (χ4v) is 3.36. The molecular formula is C20H23BrO2. The first-order valence-electron chi connectivity index (χ1n) is 7.72. The smallest absolute Gasteiger partial charge is 0.122 e. The van der Waals surface area contributed by atoms with Crippen LogP contribution in [-0.2, 0) is 11.3 Å². The number of hydrogen-bond acceptors (Lipinski definition) is 2. The van der Waals surface area contributed by atoms with Crippen LogP contribution in [0.4, 0.5) is 0 Å². The van der Waals surface area contributed by atoms with E-state index in [9.17, 15) is 0 Å². The van der Waals surface area contributed by atoms with E-state index in [1.54, 1.807) is 7.11 Å². The van der Waals surface area contributed by atoms with Gasteiger partial charge < -0.3 is 9.47 Å². The molecule has 0 aliphatic carbocycles. The highest BCUT2D eigenvalue weighted by Crippen LogP contribution is 2.34. The van der Waals surface area contributed by atoms with Crippen molar-refractivity contribution in [2.75, 3.05) is 13.7 Å². The average molecular weight is 375 g/mol. The summed E-state index contributed by atoms with van der Waals surface area (Å²) < 4.78 is 12.5. The van der Waals surface area contributed by atoms with Crippen LogP contribution in [0.1, 0.15) is 29.0 Å². The van der Waals surface area contributed by atoms with E-state index in [0.717, 1.165) is 22.2 Å². The molecule has 2 nitrogen and oxygen atoms in total. The quantitative estimate of drug-likeness (QED) is 0.556. The van der Waals surface area contributed by atoms with Crippen LogP contribution in [0, 0.1) is 6.92 Å². The van der Waals surface area contributed by atoms with Crippen LogP contribution in [0.15, 0.2) is 59.6 Å². The van der Waals surface area contributed by atoms with E-state index in [1.165, 1.54) is 11.1 Å². The number of benzene rings is 2. The Bertz CT molecular complexity index is 638. The molecule has 122 valence electrons. The lowest BCUT2D eigenvalue weighted by molar-refractivity contribution is 0.107. The lowest BCUT2D eigenvalue weighted by atomic mass is 9.95. The third kappa shape index (κ3) is 4.95. The zero-order valence-electron chi connectivity index (χ0n) is 13.7. The molecule has 1 atom stereocenters. The van der Waals surface area contributed by atoms with Gasteiger partial charge >= 0.3 is 0 Å². The fraction of sp³-hybridized carbons (Fsp3) is 0.300. The minimum absolute atomic E-state index is 0.250. The van der Waals surface area contributed by atoms with E-state index in [0.29, 0.717) is 13.2 Å². The van der Waals surface area contributed by atoms with Crippen molar-refractivity contribution in [1.29, 1.82) is 0 Å². The van der Waals surface area contributed by atoms with Gasteiger partial charge in [-0.2, -0.15) is 0 Å². The van der Waals surface area contributed by atoms with Crippen molar-refractivity contribution >= 4 is 15.9 Å². The molecule has 0 aromatic heterocycles. The van der Waals surface area contributed by atoms with Crippen LogP contribution >= 0.6 is 15.9 Å². The van der Waals surface area contributed by atoms with Crippen molar-refractivity contribution < 1.29 is 9.47 Å². The lowest BCUT2D eigenvalue weighted by Crippen LogP contribution is -2.09. The van der Waals surface area contributed by atoms with Crippen LogP contribution in [0.2, 0.25) is 0 Å². The number of aryl methyl sites for hydroxylation is 1. The second-order valence-corrected chi connectivity index (χ2v) is 6.42. The first kappa shape index (κ1) is 17.8. The molecule has 0 N–H and O–H groups in total. The van der Waals surface area contributed by atoms with E-state index < -0.39 is 0 Å². The number of allylic oxidation sites excluding steroid dienone is 1. The Balaban J connectivity index is 2.10.